The zero-order valence-electron chi connectivity index (χ0n) is 8.90. The molecule has 1 fully saturated rings. The summed E-state index contributed by atoms with van der Waals surface area (Å²) in [5.41, 5.74) is 0. The third-order valence-electron chi connectivity index (χ3n) is 2.66. The van der Waals surface area contributed by atoms with Crippen molar-refractivity contribution in [2.75, 3.05) is 11.9 Å². The summed E-state index contributed by atoms with van der Waals surface area (Å²) in [6.07, 6.45) is 3.05. The van der Waals surface area contributed by atoms with E-state index < -0.39 is 5.82 Å². The Kier molecular flexibility index (Phi) is 2.98. The molecule has 2 N–H and O–H groups in total. The van der Waals surface area contributed by atoms with Crippen molar-refractivity contribution in [3.8, 4) is 0 Å². The minimum atomic E-state index is -0.494. The molecule has 86 valence electrons. The van der Waals surface area contributed by atoms with E-state index in [1.165, 1.54) is 0 Å². The molecule has 1 amide bonds. The van der Waals surface area contributed by atoms with E-state index in [0.717, 1.165) is 18.8 Å². The number of carbonyl (C=O) groups is 1. The second kappa shape index (κ2) is 4.42. The number of carbonyl (C=O) groups excluding carboxylic acids is 1. The van der Waals surface area contributed by atoms with E-state index in [0.29, 0.717) is 6.54 Å². The van der Waals surface area contributed by atoms with Gasteiger partial charge in [-0.05, 0) is 12.3 Å². The van der Waals surface area contributed by atoms with Crippen LogP contribution in [0.1, 0.15) is 13.3 Å². The Morgan fingerprint density at radius 2 is 2.19 bits per heavy atom. The molecule has 1 aliphatic heterocycles. The van der Waals surface area contributed by atoms with Crippen LogP contribution in [0.2, 0.25) is 0 Å². The van der Waals surface area contributed by atoms with Gasteiger partial charge in [0.25, 0.3) is 0 Å². The van der Waals surface area contributed by atoms with E-state index in [-0.39, 0.29) is 23.8 Å². The number of halogens is 1. The molecule has 6 heteroatoms. The number of nitrogens with one attached hydrogen (secondary N) is 2. The minimum absolute atomic E-state index is 0.0633. The average Bonchev–Trinajstić information content (AvgIpc) is 2.26. The summed E-state index contributed by atoms with van der Waals surface area (Å²) in [6, 6.07) is -0.348. The van der Waals surface area contributed by atoms with Crippen molar-refractivity contribution in [3.05, 3.63) is 18.2 Å². The topological polar surface area (TPSA) is 66.9 Å². The predicted octanol–water partition coefficient (Wildman–Crippen LogP) is 0.552. The van der Waals surface area contributed by atoms with Crippen LogP contribution >= 0.6 is 0 Å². The molecule has 1 aromatic rings. The van der Waals surface area contributed by atoms with Gasteiger partial charge in [0.15, 0.2) is 5.82 Å². The first-order chi connectivity index (χ1) is 7.66. The molecule has 2 atom stereocenters. The molecule has 0 aromatic carbocycles. The van der Waals surface area contributed by atoms with Gasteiger partial charge in [0.05, 0.1) is 12.4 Å². The van der Waals surface area contributed by atoms with Crippen LogP contribution in [0.3, 0.4) is 0 Å². The van der Waals surface area contributed by atoms with Gasteiger partial charge in [-0.3, -0.25) is 4.79 Å². The van der Waals surface area contributed by atoms with E-state index in [2.05, 4.69) is 20.6 Å². The van der Waals surface area contributed by atoms with Crippen molar-refractivity contribution in [1.29, 1.82) is 0 Å². The molecule has 16 heavy (non-hydrogen) atoms. The van der Waals surface area contributed by atoms with Crippen LogP contribution in [0, 0.1) is 11.7 Å². The molecular weight excluding hydrogens is 211 g/mol. The molecule has 1 aromatic heterocycles. The van der Waals surface area contributed by atoms with Crippen molar-refractivity contribution >= 4 is 11.9 Å². The van der Waals surface area contributed by atoms with E-state index in [9.17, 15) is 9.18 Å². The van der Waals surface area contributed by atoms with Gasteiger partial charge < -0.3 is 10.6 Å². The number of hydrogen-bond donors (Lipinski definition) is 2. The minimum Gasteiger partial charge on any atom is -0.354 e. The third kappa shape index (κ3) is 2.26. The summed E-state index contributed by atoms with van der Waals surface area (Å²) in [6.45, 7) is 2.68. The fourth-order valence-corrected chi connectivity index (χ4v) is 1.69. The van der Waals surface area contributed by atoms with Gasteiger partial charge in [0.1, 0.15) is 6.04 Å². The number of anilines is 1. The van der Waals surface area contributed by atoms with E-state index in [1.54, 1.807) is 0 Å². The summed E-state index contributed by atoms with van der Waals surface area (Å²) in [5, 5.41) is 5.67. The van der Waals surface area contributed by atoms with Crippen LogP contribution in [-0.2, 0) is 4.79 Å². The van der Waals surface area contributed by atoms with Gasteiger partial charge in [-0.15, -0.1) is 0 Å². The largest absolute Gasteiger partial charge is 0.354 e. The summed E-state index contributed by atoms with van der Waals surface area (Å²) < 4.78 is 12.6. The molecule has 2 heterocycles. The summed E-state index contributed by atoms with van der Waals surface area (Å²) in [5.74, 6) is -0.0731. The normalized spacial score (nSPS) is 25.0. The SMILES string of the molecule is CC1CCNC(=O)C1Nc1ncc(F)cn1. The zero-order valence-corrected chi connectivity index (χ0v) is 8.90. The lowest BCUT2D eigenvalue weighted by Gasteiger charge is -2.28. The molecule has 0 aliphatic carbocycles. The first-order valence-electron chi connectivity index (χ1n) is 5.18. The molecule has 0 spiro atoms. The number of piperidine rings is 1. The highest BCUT2D eigenvalue weighted by molar-refractivity contribution is 5.85. The number of rotatable bonds is 2. The Balaban J connectivity index is 2.07. The molecule has 0 radical (unpaired) electrons. The smallest absolute Gasteiger partial charge is 0.242 e. The molecule has 0 bridgehead atoms. The summed E-state index contributed by atoms with van der Waals surface area (Å²) >= 11 is 0. The van der Waals surface area contributed by atoms with Crippen molar-refractivity contribution < 1.29 is 9.18 Å². The molecule has 2 unspecified atom stereocenters. The van der Waals surface area contributed by atoms with Crippen LogP contribution in [0.5, 0.6) is 0 Å². The van der Waals surface area contributed by atoms with Crippen molar-refractivity contribution in [2.24, 2.45) is 5.92 Å². The second-order valence-corrected chi connectivity index (χ2v) is 3.90. The third-order valence-corrected chi connectivity index (χ3v) is 2.66. The molecule has 1 saturated heterocycles. The standard InChI is InChI=1S/C10H13FN4O/c1-6-2-3-12-9(16)8(6)15-10-13-4-7(11)5-14-10/h4-6,8H,2-3H2,1H3,(H,12,16)(H,13,14,15). The quantitative estimate of drug-likeness (QED) is 0.770. The Bertz CT molecular complexity index is 381. The van der Waals surface area contributed by atoms with Crippen LogP contribution in [0.25, 0.3) is 0 Å². The van der Waals surface area contributed by atoms with Gasteiger partial charge >= 0.3 is 0 Å². The summed E-state index contributed by atoms with van der Waals surface area (Å²) in [7, 11) is 0. The first-order valence-corrected chi connectivity index (χ1v) is 5.18. The highest BCUT2D eigenvalue weighted by Crippen LogP contribution is 2.15. The Labute approximate surface area is 92.5 Å². The average molecular weight is 224 g/mol. The Morgan fingerprint density at radius 1 is 1.50 bits per heavy atom. The molecule has 1 aliphatic rings. The molecule has 0 saturated carbocycles. The van der Waals surface area contributed by atoms with Gasteiger partial charge in [0.2, 0.25) is 11.9 Å². The van der Waals surface area contributed by atoms with E-state index in [4.69, 9.17) is 0 Å². The van der Waals surface area contributed by atoms with Crippen LogP contribution in [-0.4, -0.2) is 28.5 Å². The van der Waals surface area contributed by atoms with Gasteiger partial charge in [-0.25, -0.2) is 14.4 Å². The number of amides is 1. The lowest BCUT2D eigenvalue weighted by Crippen LogP contribution is -2.49. The van der Waals surface area contributed by atoms with Gasteiger partial charge in [-0.2, -0.15) is 0 Å². The number of nitrogens with zero attached hydrogens (tertiary/aromatic N) is 2. The lowest BCUT2D eigenvalue weighted by molar-refractivity contribution is -0.124. The maximum atomic E-state index is 12.6. The Hall–Kier alpha value is -1.72. The Morgan fingerprint density at radius 3 is 2.81 bits per heavy atom. The maximum Gasteiger partial charge on any atom is 0.242 e. The highest BCUT2D eigenvalue weighted by Gasteiger charge is 2.29. The van der Waals surface area contributed by atoms with Crippen LogP contribution in [0.15, 0.2) is 12.4 Å². The maximum absolute atomic E-state index is 12.6. The number of aromatic nitrogens is 2. The second-order valence-electron chi connectivity index (χ2n) is 3.90. The van der Waals surface area contributed by atoms with Crippen molar-refractivity contribution in [1.82, 2.24) is 15.3 Å². The lowest BCUT2D eigenvalue weighted by atomic mass is 9.94. The van der Waals surface area contributed by atoms with E-state index >= 15 is 0 Å². The predicted molar refractivity (Wildman–Crippen MR) is 56.2 cm³/mol. The van der Waals surface area contributed by atoms with Crippen LogP contribution in [0.4, 0.5) is 10.3 Å². The van der Waals surface area contributed by atoms with Gasteiger partial charge in [0, 0.05) is 6.54 Å². The summed E-state index contributed by atoms with van der Waals surface area (Å²) in [4.78, 5) is 19.1. The number of hydrogen-bond acceptors (Lipinski definition) is 4. The van der Waals surface area contributed by atoms with Gasteiger partial charge in [-0.1, -0.05) is 6.92 Å². The van der Waals surface area contributed by atoms with E-state index in [1.807, 2.05) is 6.92 Å². The fraction of sp³-hybridized carbons (Fsp3) is 0.500. The zero-order chi connectivity index (χ0) is 11.5. The highest BCUT2D eigenvalue weighted by atomic mass is 19.1. The first kappa shape index (κ1) is 10.8. The van der Waals surface area contributed by atoms with Crippen molar-refractivity contribution in [2.45, 2.75) is 19.4 Å². The monoisotopic (exact) mass is 224 g/mol. The molecule has 2 rings (SSSR count). The van der Waals surface area contributed by atoms with Crippen LogP contribution < -0.4 is 10.6 Å². The van der Waals surface area contributed by atoms with Crippen molar-refractivity contribution in [3.63, 3.8) is 0 Å². The fourth-order valence-electron chi connectivity index (χ4n) is 1.69. The molecule has 5 nitrogen and oxygen atoms in total. The molecular formula is C10H13FN4O.